The Balaban J connectivity index is 4.45. The summed E-state index contributed by atoms with van der Waals surface area (Å²) in [5.74, 6) is 1.85. The van der Waals surface area contributed by atoms with E-state index in [4.69, 9.17) is 0 Å². The van der Waals surface area contributed by atoms with Crippen molar-refractivity contribution in [1.82, 2.24) is 5.32 Å². The first kappa shape index (κ1) is 23.2. The monoisotopic (exact) mass is 358 g/mol. The highest BCUT2D eigenvalue weighted by atomic mass is 32.1. The van der Waals surface area contributed by atoms with E-state index in [0.29, 0.717) is 17.8 Å². The average molecular weight is 358 g/mol. The van der Waals surface area contributed by atoms with Crippen molar-refractivity contribution in [3.63, 3.8) is 0 Å². The van der Waals surface area contributed by atoms with Gasteiger partial charge in [-0.3, -0.25) is 4.79 Å². The Morgan fingerprint density at radius 3 is 2.04 bits per heavy atom. The van der Waals surface area contributed by atoms with Gasteiger partial charge in [0.15, 0.2) is 0 Å². The summed E-state index contributed by atoms with van der Waals surface area (Å²) in [6.07, 6.45) is 2.00. The van der Waals surface area contributed by atoms with Gasteiger partial charge in [-0.15, -0.1) is 0 Å². The summed E-state index contributed by atoms with van der Waals surface area (Å²) in [4.78, 5) is 12.4. The van der Waals surface area contributed by atoms with Gasteiger partial charge >= 0.3 is 0 Å². The number of amides is 1. The van der Waals surface area contributed by atoms with E-state index < -0.39 is 0 Å². The molecular formula is C18H37BNOS2. The molecule has 1 N–H and O–H groups in total. The maximum atomic E-state index is 12.4. The van der Waals surface area contributed by atoms with Crippen molar-refractivity contribution >= 4 is 38.4 Å². The van der Waals surface area contributed by atoms with E-state index in [-0.39, 0.29) is 27.7 Å². The van der Waals surface area contributed by atoms with Crippen LogP contribution in [-0.4, -0.2) is 23.7 Å². The average Bonchev–Trinajstić information content (AvgIpc) is 2.35. The van der Waals surface area contributed by atoms with Gasteiger partial charge in [0, 0.05) is 11.1 Å². The Labute approximate surface area is 156 Å². The molecule has 0 aliphatic rings. The van der Waals surface area contributed by atoms with Crippen molar-refractivity contribution in [3.05, 3.63) is 0 Å². The fourth-order valence-electron chi connectivity index (χ4n) is 2.98. The van der Waals surface area contributed by atoms with Crippen LogP contribution in [0.15, 0.2) is 0 Å². The molecule has 0 aromatic rings. The Bertz CT molecular complexity index is 361. The predicted molar refractivity (Wildman–Crippen MR) is 111 cm³/mol. The van der Waals surface area contributed by atoms with E-state index in [1.165, 1.54) is 0 Å². The molecule has 0 fully saturated rings. The summed E-state index contributed by atoms with van der Waals surface area (Å²) in [6, 6.07) is 0. The van der Waals surface area contributed by atoms with Crippen LogP contribution < -0.4 is 5.32 Å². The summed E-state index contributed by atoms with van der Waals surface area (Å²) >= 11 is 9.19. The summed E-state index contributed by atoms with van der Waals surface area (Å²) < 4.78 is 0. The van der Waals surface area contributed by atoms with E-state index in [2.05, 4.69) is 86.3 Å². The van der Waals surface area contributed by atoms with Gasteiger partial charge in [-0.1, -0.05) is 67.1 Å². The Morgan fingerprint density at radius 2 is 1.61 bits per heavy atom. The number of nitrogens with one attached hydrogen (secondary N) is 1. The van der Waals surface area contributed by atoms with Gasteiger partial charge in [-0.2, -0.15) is 25.3 Å². The zero-order chi connectivity index (χ0) is 18.4. The van der Waals surface area contributed by atoms with E-state index in [1.807, 2.05) is 6.92 Å². The molecule has 5 heteroatoms. The van der Waals surface area contributed by atoms with Crippen LogP contribution in [0.5, 0.6) is 0 Å². The van der Waals surface area contributed by atoms with Crippen LogP contribution in [-0.2, 0) is 4.79 Å². The second-order valence-corrected chi connectivity index (χ2v) is 9.71. The maximum Gasteiger partial charge on any atom is 0.223 e. The minimum Gasteiger partial charge on any atom is -0.344 e. The molecule has 0 saturated carbocycles. The van der Waals surface area contributed by atoms with Crippen LogP contribution in [0.25, 0.3) is 0 Å². The number of hydrogen-bond acceptors (Lipinski definition) is 3. The molecule has 4 atom stereocenters. The van der Waals surface area contributed by atoms with Crippen molar-refractivity contribution < 1.29 is 4.79 Å². The quantitative estimate of drug-likeness (QED) is 0.290. The van der Waals surface area contributed by atoms with Crippen molar-refractivity contribution in [1.29, 1.82) is 0 Å². The molecule has 135 valence electrons. The number of thiol groups is 2. The molecule has 0 aromatic carbocycles. The first-order chi connectivity index (χ1) is 10.4. The standard InChI is InChI=1S/C18H37BNOS2/c1-11(2)10-18(7,8)19-15(22)17(23)20-16(21)14(6)9-13(5)12(3)4/h11-15,17,22-23H,9-10H2,1-8H3,(H,20,21). The summed E-state index contributed by atoms with van der Waals surface area (Å²) in [5, 5.41) is 2.78. The Morgan fingerprint density at radius 1 is 1.09 bits per heavy atom. The zero-order valence-corrected chi connectivity index (χ0v) is 18.0. The molecule has 1 radical (unpaired) electrons. The van der Waals surface area contributed by atoms with Crippen molar-refractivity contribution in [2.45, 2.75) is 84.1 Å². The Kier molecular flexibility index (Phi) is 10.4. The van der Waals surface area contributed by atoms with Gasteiger partial charge in [-0.25, -0.2) is 0 Å². The second-order valence-electron chi connectivity index (χ2n) is 8.56. The normalized spacial score (nSPS) is 17.7. The molecule has 4 unspecified atom stereocenters. The lowest BCUT2D eigenvalue weighted by Crippen LogP contribution is -2.44. The van der Waals surface area contributed by atoms with Gasteiger partial charge in [-0.05, 0) is 24.2 Å². The molecular weight excluding hydrogens is 321 g/mol. The molecule has 0 heterocycles. The van der Waals surface area contributed by atoms with Crippen molar-refractivity contribution in [2.24, 2.45) is 23.7 Å². The van der Waals surface area contributed by atoms with Gasteiger partial charge < -0.3 is 5.32 Å². The minimum absolute atomic E-state index is 0.00579. The van der Waals surface area contributed by atoms with E-state index in [0.717, 1.165) is 12.8 Å². The molecule has 0 aliphatic carbocycles. The van der Waals surface area contributed by atoms with Crippen LogP contribution in [0.2, 0.25) is 5.31 Å². The van der Waals surface area contributed by atoms with E-state index >= 15 is 0 Å². The number of rotatable bonds is 10. The molecule has 2 nitrogen and oxygen atoms in total. The largest absolute Gasteiger partial charge is 0.344 e. The SMILES string of the molecule is CC(C)CC(C)(C)[B]C(S)C(S)NC(=O)C(C)CC(C)C(C)C. The zero-order valence-electron chi connectivity index (χ0n) is 16.3. The highest BCUT2D eigenvalue weighted by Crippen LogP contribution is 2.34. The minimum atomic E-state index is -0.255. The van der Waals surface area contributed by atoms with E-state index in [1.54, 1.807) is 0 Å². The number of carbonyl (C=O) groups excluding carboxylic acids is 1. The Hall–Kier alpha value is 0.235. The second kappa shape index (κ2) is 10.3. The highest BCUT2D eigenvalue weighted by Gasteiger charge is 2.29. The fraction of sp³-hybridized carbons (Fsp3) is 0.944. The molecule has 0 bridgehead atoms. The predicted octanol–water partition coefficient (Wildman–Crippen LogP) is 4.88. The molecule has 0 rings (SSSR count). The van der Waals surface area contributed by atoms with Gasteiger partial charge in [0.25, 0.3) is 0 Å². The van der Waals surface area contributed by atoms with Crippen LogP contribution in [0.1, 0.15) is 68.2 Å². The third kappa shape index (κ3) is 9.96. The van der Waals surface area contributed by atoms with Gasteiger partial charge in [0.1, 0.15) is 7.28 Å². The molecule has 23 heavy (non-hydrogen) atoms. The molecule has 0 aromatic heterocycles. The number of carbonyl (C=O) groups is 1. The van der Waals surface area contributed by atoms with Gasteiger partial charge in [0.05, 0.1) is 5.37 Å². The third-order valence-corrected chi connectivity index (χ3v) is 5.61. The van der Waals surface area contributed by atoms with Crippen molar-refractivity contribution in [3.8, 4) is 0 Å². The lowest BCUT2D eigenvalue weighted by atomic mass is 9.49. The molecule has 0 saturated heterocycles. The highest BCUT2D eigenvalue weighted by molar-refractivity contribution is 7.86. The van der Waals surface area contributed by atoms with E-state index in [9.17, 15) is 4.79 Å². The topological polar surface area (TPSA) is 29.1 Å². The van der Waals surface area contributed by atoms with Crippen LogP contribution in [0.4, 0.5) is 0 Å². The smallest absolute Gasteiger partial charge is 0.223 e. The first-order valence-electron chi connectivity index (χ1n) is 8.88. The van der Waals surface area contributed by atoms with Crippen LogP contribution in [0.3, 0.4) is 0 Å². The maximum absolute atomic E-state index is 12.4. The molecule has 1 amide bonds. The summed E-state index contributed by atoms with van der Waals surface area (Å²) in [5.41, 5.74) is 0. The van der Waals surface area contributed by atoms with Crippen LogP contribution >= 0.6 is 25.3 Å². The fourth-order valence-corrected chi connectivity index (χ4v) is 3.68. The molecule has 0 spiro atoms. The van der Waals surface area contributed by atoms with Crippen LogP contribution in [0, 0.1) is 23.7 Å². The molecule has 0 aliphatic heterocycles. The first-order valence-corrected chi connectivity index (χ1v) is 9.91. The van der Waals surface area contributed by atoms with Crippen molar-refractivity contribution in [2.75, 3.05) is 0 Å². The lowest BCUT2D eigenvalue weighted by Gasteiger charge is -2.31. The summed E-state index contributed by atoms with van der Waals surface area (Å²) in [7, 11) is 2.20. The lowest BCUT2D eigenvalue weighted by molar-refractivity contribution is -0.125. The third-order valence-electron chi connectivity index (χ3n) is 4.48. The number of hydrogen-bond donors (Lipinski definition) is 3. The summed E-state index contributed by atoms with van der Waals surface area (Å²) in [6.45, 7) is 17.5. The van der Waals surface area contributed by atoms with Gasteiger partial charge in [0.2, 0.25) is 5.91 Å².